The van der Waals surface area contributed by atoms with Gasteiger partial charge in [0.2, 0.25) is 17.7 Å². The zero-order chi connectivity index (χ0) is 23.3. The maximum Gasteiger partial charge on any atom is 0.244 e. The summed E-state index contributed by atoms with van der Waals surface area (Å²) in [6.45, 7) is 3.26. The van der Waals surface area contributed by atoms with Gasteiger partial charge in [-0.15, -0.1) is 11.3 Å². The van der Waals surface area contributed by atoms with Gasteiger partial charge >= 0.3 is 0 Å². The lowest BCUT2D eigenvalue weighted by Gasteiger charge is -2.30. The maximum absolute atomic E-state index is 12.9. The number of aromatic nitrogens is 3. The lowest BCUT2D eigenvalue weighted by atomic mass is 9.89. The van der Waals surface area contributed by atoms with Crippen LogP contribution in [0, 0.1) is 6.92 Å². The Balaban J connectivity index is 1.50. The number of hydrogen-bond acceptors (Lipinski definition) is 7. The average molecular weight is 466 g/mol. The van der Waals surface area contributed by atoms with Crippen LogP contribution >= 0.6 is 11.3 Å². The summed E-state index contributed by atoms with van der Waals surface area (Å²) in [5.74, 6) is 0.663. The molecule has 1 saturated carbocycles. The third-order valence-corrected chi connectivity index (χ3v) is 6.56. The molecule has 9 heteroatoms. The molecular weight excluding hydrogens is 438 g/mol. The molecular formula is C24H27N5O3S. The highest BCUT2D eigenvalue weighted by Gasteiger charge is 2.38. The van der Waals surface area contributed by atoms with E-state index in [2.05, 4.69) is 20.4 Å². The van der Waals surface area contributed by atoms with Crippen molar-refractivity contribution in [3.63, 3.8) is 0 Å². The molecule has 0 saturated heterocycles. The molecule has 1 N–H and O–H groups in total. The number of thiazole rings is 1. The summed E-state index contributed by atoms with van der Waals surface area (Å²) < 4.78 is 5.20. The summed E-state index contributed by atoms with van der Waals surface area (Å²) in [6, 6.07) is 9.36. The van der Waals surface area contributed by atoms with Crippen molar-refractivity contribution in [2.45, 2.75) is 57.9 Å². The second-order valence-electron chi connectivity index (χ2n) is 8.20. The van der Waals surface area contributed by atoms with E-state index in [0.29, 0.717) is 22.5 Å². The Hall–Kier alpha value is -3.33. The molecule has 0 unspecified atom stereocenters. The Kier molecular flexibility index (Phi) is 6.98. The molecule has 8 nitrogen and oxygen atoms in total. The SMILES string of the molecule is CC(=O)N(c1ccccc1)c1nc(/C=C/C(=O)NC2(c3noc(C)n3)CCCCCC2)cs1. The zero-order valence-corrected chi connectivity index (χ0v) is 19.6. The standard InChI is InChI=1S/C24H27N5O3S/c1-17-25-22(28-32-17)24(14-8-3-4-9-15-24)27-21(31)13-12-19-16-33-23(26-19)29(18(2)30)20-10-6-5-7-11-20/h5-7,10-13,16H,3-4,8-9,14-15H2,1-2H3,(H,27,31)/b13-12+. The Morgan fingerprint density at radius 3 is 2.48 bits per heavy atom. The van der Waals surface area contributed by atoms with E-state index < -0.39 is 5.54 Å². The molecule has 0 atom stereocenters. The number of hydrogen-bond donors (Lipinski definition) is 1. The number of nitrogens with one attached hydrogen (secondary N) is 1. The van der Waals surface area contributed by atoms with Gasteiger partial charge < -0.3 is 9.84 Å². The van der Waals surface area contributed by atoms with Gasteiger partial charge in [0, 0.05) is 25.3 Å². The number of carbonyl (C=O) groups excluding carboxylic acids is 2. The van der Waals surface area contributed by atoms with Crippen molar-refractivity contribution in [2.24, 2.45) is 0 Å². The summed E-state index contributed by atoms with van der Waals surface area (Å²) >= 11 is 1.35. The quantitative estimate of drug-likeness (QED) is 0.410. The van der Waals surface area contributed by atoms with Gasteiger partial charge in [0.1, 0.15) is 5.54 Å². The third kappa shape index (κ3) is 5.36. The Morgan fingerprint density at radius 1 is 1.12 bits per heavy atom. The number of carbonyl (C=O) groups is 2. The van der Waals surface area contributed by atoms with E-state index in [4.69, 9.17) is 4.52 Å². The Bertz CT molecular complexity index is 1130. The van der Waals surface area contributed by atoms with Crippen LogP contribution in [0.25, 0.3) is 6.08 Å². The molecule has 0 aliphatic heterocycles. The smallest absolute Gasteiger partial charge is 0.244 e. The van der Waals surface area contributed by atoms with Crippen LogP contribution in [-0.2, 0) is 15.1 Å². The van der Waals surface area contributed by atoms with E-state index in [1.165, 1.54) is 24.3 Å². The molecule has 0 radical (unpaired) electrons. The normalized spacial score (nSPS) is 15.8. The van der Waals surface area contributed by atoms with Crippen molar-refractivity contribution in [3.8, 4) is 0 Å². The molecule has 0 spiro atoms. The molecule has 1 fully saturated rings. The number of anilines is 2. The third-order valence-electron chi connectivity index (χ3n) is 5.71. The lowest BCUT2D eigenvalue weighted by molar-refractivity contribution is -0.119. The Morgan fingerprint density at radius 2 is 1.85 bits per heavy atom. The second kappa shape index (κ2) is 10.1. The van der Waals surface area contributed by atoms with Crippen molar-refractivity contribution in [2.75, 3.05) is 4.90 Å². The molecule has 33 heavy (non-hydrogen) atoms. The van der Waals surface area contributed by atoms with Gasteiger partial charge in [-0.3, -0.25) is 14.5 Å². The minimum Gasteiger partial charge on any atom is -0.340 e. The van der Waals surface area contributed by atoms with Crippen LogP contribution in [-0.4, -0.2) is 26.9 Å². The number of benzene rings is 1. The first-order valence-electron chi connectivity index (χ1n) is 11.1. The van der Waals surface area contributed by atoms with Crippen LogP contribution in [0.4, 0.5) is 10.8 Å². The molecule has 1 aromatic carbocycles. The monoisotopic (exact) mass is 465 g/mol. The second-order valence-corrected chi connectivity index (χ2v) is 9.04. The van der Waals surface area contributed by atoms with Crippen molar-refractivity contribution in [1.29, 1.82) is 0 Å². The van der Waals surface area contributed by atoms with Crippen LogP contribution in [0.2, 0.25) is 0 Å². The highest BCUT2D eigenvalue weighted by atomic mass is 32.1. The fourth-order valence-corrected chi connectivity index (χ4v) is 4.98. The highest BCUT2D eigenvalue weighted by Crippen LogP contribution is 2.35. The largest absolute Gasteiger partial charge is 0.340 e. The molecule has 2 amide bonds. The zero-order valence-electron chi connectivity index (χ0n) is 18.8. The predicted octanol–water partition coefficient (Wildman–Crippen LogP) is 4.90. The first kappa shape index (κ1) is 22.8. The summed E-state index contributed by atoms with van der Waals surface area (Å²) in [5.41, 5.74) is 0.734. The maximum atomic E-state index is 12.9. The van der Waals surface area contributed by atoms with Gasteiger partial charge in [-0.1, -0.05) is 49.0 Å². The molecule has 0 bridgehead atoms. The fraction of sp³-hybridized carbons (Fsp3) is 0.375. The van der Waals surface area contributed by atoms with E-state index in [0.717, 1.165) is 44.2 Å². The molecule has 2 heterocycles. The van der Waals surface area contributed by atoms with Crippen molar-refractivity contribution in [1.82, 2.24) is 20.4 Å². The molecule has 4 rings (SSSR count). The number of rotatable bonds is 6. The number of aryl methyl sites for hydroxylation is 1. The van der Waals surface area contributed by atoms with Crippen LogP contribution in [0.3, 0.4) is 0 Å². The van der Waals surface area contributed by atoms with Crippen molar-refractivity contribution < 1.29 is 14.1 Å². The van der Waals surface area contributed by atoms with Gasteiger partial charge in [0.25, 0.3) is 0 Å². The fourth-order valence-electron chi connectivity index (χ4n) is 4.13. The Labute approximate surface area is 196 Å². The summed E-state index contributed by atoms with van der Waals surface area (Å²) in [6.07, 6.45) is 8.92. The first-order chi connectivity index (χ1) is 16.0. The molecule has 3 aromatic rings. The van der Waals surface area contributed by atoms with Crippen LogP contribution < -0.4 is 10.2 Å². The number of amides is 2. The van der Waals surface area contributed by atoms with E-state index in [-0.39, 0.29) is 11.8 Å². The van der Waals surface area contributed by atoms with Gasteiger partial charge in [0.05, 0.1) is 11.4 Å². The molecule has 1 aliphatic rings. The topological polar surface area (TPSA) is 101 Å². The van der Waals surface area contributed by atoms with Crippen molar-refractivity contribution >= 4 is 40.0 Å². The minimum atomic E-state index is -0.623. The van der Waals surface area contributed by atoms with Gasteiger partial charge in [-0.25, -0.2) is 4.98 Å². The van der Waals surface area contributed by atoms with Crippen molar-refractivity contribution in [3.05, 3.63) is 59.2 Å². The van der Waals surface area contributed by atoms with Crippen LogP contribution in [0.15, 0.2) is 46.3 Å². The minimum absolute atomic E-state index is 0.130. The molecule has 1 aliphatic carbocycles. The van der Waals surface area contributed by atoms with Gasteiger partial charge in [0.15, 0.2) is 11.0 Å². The summed E-state index contributed by atoms with van der Waals surface area (Å²) in [5, 5.41) is 9.64. The average Bonchev–Trinajstić information content (AvgIpc) is 3.38. The van der Waals surface area contributed by atoms with E-state index in [1.54, 1.807) is 17.9 Å². The number of nitrogens with zero attached hydrogens (tertiary/aromatic N) is 4. The number of para-hydroxylation sites is 1. The predicted molar refractivity (Wildman–Crippen MR) is 127 cm³/mol. The lowest BCUT2D eigenvalue weighted by Crippen LogP contribution is -2.45. The van der Waals surface area contributed by atoms with Gasteiger partial charge in [-0.05, 0) is 31.1 Å². The van der Waals surface area contributed by atoms with Crippen LogP contribution in [0.5, 0.6) is 0 Å². The van der Waals surface area contributed by atoms with Crippen LogP contribution in [0.1, 0.15) is 62.9 Å². The molecule has 2 aromatic heterocycles. The molecule has 172 valence electrons. The summed E-state index contributed by atoms with van der Waals surface area (Å²) in [4.78, 5) is 35.6. The van der Waals surface area contributed by atoms with E-state index in [1.807, 2.05) is 35.7 Å². The first-order valence-corrected chi connectivity index (χ1v) is 12.0. The summed E-state index contributed by atoms with van der Waals surface area (Å²) in [7, 11) is 0. The van der Waals surface area contributed by atoms with E-state index >= 15 is 0 Å². The van der Waals surface area contributed by atoms with E-state index in [9.17, 15) is 9.59 Å². The van der Waals surface area contributed by atoms with Gasteiger partial charge in [-0.2, -0.15) is 4.98 Å². The highest BCUT2D eigenvalue weighted by molar-refractivity contribution is 7.14.